The summed E-state index contributed by atoms with van der Waals surface area (Å²) in [6.45, 7) is 13.6. The Morgan fingerprint density at radius 1 is 0.964 bits per heavy atom. The Kier molecular flexibility index (Phi) is 13.2. The molecule has 5 atom stereocenters. The van der Waals surface area contributed by atoms with Crippen LogP contribution in [-0.2, 0) is 35.6 Å². The topological polar surface area (TPSA) is 184 Å². The van der Waals surface area contributed by atoms with Crippen LogP contribution in [0.2, 0.25) is 0 Å². The number of carbonyl (C=O) groups excluding carboxylic acids is 5. The number of urea groups is 1. The van der Waals surface area contributed by atoms with Crippen molar-refractivity contribution in [1.29, 1.82) is 0 Å². The number of nitrogens with one attached hydrogen (secondary N) is 4. The summed E-state index contributed by atoms with van der Waals surface area (Å²) >= 11 is 1.36. The van der Waals surface area contributed by atoms with Crippen molar-refractivity contribution >= 4 is 50.7 Å². The summed E-state index contributed by atoms with van der Waals surface area (Å²) in [5.41, 5.74) is -1.76. The fourth-order valence-corrected chi connectivity index (χ4v) is 11.4. The van der Waals surface area contributed by atoms with Gasteiger partial charge in [-0.15, -0.1) is 11.3 Å². The van der Waals surface area contributed by atoms with Gasteiger partial charge in [-0.25, -0.2) is 18.2 Å². The maximum absolute atomic E-state index is 15.0. The molecule has 15 heteroatoms. The Hall–Kier alpha value is -3.07. The molecule has 1 unspecified atom stereocenters. The molecule has 4 aliphatic rings. The van der Waals surface area contributed by atoms with Crippen molar-refractivity contribution in [2.45, 2.75) is 167 Å². The summed E-state index contributed by atoms with van der Waals surface area (Å²) in [5.74, 6) is -2.64. The van der Waals surface area contributed by atoms with Crippen LogP contribution >= 0.6 is 11.3 Å². The SMILES string of the molecule is CCCCC(NC(=O)[C@@H]1[C@@H]2[C@H](CN1C(=O)[C@@H](NC(=O)NC1(CS(=O)(=O)C(C)(C)C)CCCCC1)C1(C)CCCCC1)C2(C)C)C(=O)C(=O)NCc1nccs1. The minimum Gasteiger partial charge on any atom is -0.344 e. The molecule has 0 radical (unpaired) electrons. The van der Waals surface area contributed by atoms with E-state index in [4.69, 9.17) is 0 Å². The largest absolute Gasteiger partial charge is 0.344 e. The molecule has 13 nitrogen and oxygen atoms in total. The van der Waals surface area contributed by atoms with Gasteiger partial charge >= 0.3 is 6.03 Å². The third-order valence-electron chi connectivity index (χ3n) is 13.2. The number of hydrogen-bond acceptors (Lipinski definition) is 9. The third-order valence-corrected chi connectivity index (χ3v) is 16.7. The number of likely N-dealkylation sites (tertiary alicyclic amines) is 1. The van der Waals surface area contributed by atoms with Crippen LogP contribution in [0.1, 0.15) is 137 Å². The van der Waals surface area contributed by atoms with Crippen molar-refractivity contribution in [3.8, 4) is 0 Å². The number of amides is 5. The average molecular weight is 805 g/mol. The molecule has 2 heterocycles. The highest BCUT2D eigenvalue weighted by molar-refractivity contribution is 7.92. The lowest BCUT2D eigenvalue weighted by molar-refractivity contribution is -0.146. The second-order valence-electron chi connectivity index (χ2n) is 18.5. The molecule has 1 aromatic rings. The molecule has 3 aliphatic carbocycles. The number of thiazole rings is 1. The molecule has 0 aromatic carbocycles. The fourth-order valence-electron chi connectivity index (χ4n) is 9.36. The molecular formula is C40H64N6O7S2. The van der Waals surface area contributed by atoms with Gasteiger partial charge in [0.1, 0.15) is 17.1 Å². The van der Waals surface area contributed by atoms with Crippen LogP contribution in [0.5, 0.6) is 0 Å². The van der Waals surface area contributed by atoms with E-state index in [0.29, 0.717) is 43.7 Å². The van der Waals surface area contributed by atoms with Gasteiger partial charge in [0, 0.05) is 18.1 Å². The molecule has 3 saturated carbocycles. The van der Waals surface area contributed by atoms with E-state index in [1.807, 2.05) is 13.8 Å². The van der Waals surface area contributed by atoms with Crippen LogP contribution in [0.25, 0.3) is 0 Å². The van der Waals surface area contributed by atoms with Crippen molar-refractivity contribution < 1.29 is 32.4 Å². The Bertz CT molecular complexity index is 1680. The number of unbranched alkanes of at least 4 members (excludes halogenated alkanes) is 1. The van der Waals surface area contributed by atoms with Crippen LogP contribution in [0.4, 0.5) is 4.79 Å². The Balaban J connectivity index is 1.38. The number of sulfone groups is 1. The van der Waals surface area contributed by atoms with Gasteiger partial charge in [0.25, 0.3) is 5.91 Å². The van der Waals surface area contributed by atoms with E-state index >= 15 is 0 Å². The molecule has 0 spiro atoms. The molecule has 308 valence electrons. The summed E-state index contributed by atoms with van der Waals surface area (Å²) in [4.78, 5) is 75.7. The second-order valence-corrected chi connectivity index (χ2v) is 22.2. The fraction of sp³-hybridized carbons (Fsp3) is 0.800. The van der Waals surface area contributed by atoms with E-state index < -0.39 is 67.3 Å². The quantitative estimate of drug-likeness (QED) is 0.178. The highest BCUT2D eigenvalue weighted by Crippen LogP contribution is 2.65. The van der Waals surface area contributed by atoms with Gasteiger partial charge in [-0.3, -0.25) is 19.2 Å². The number of Topliss-reactive ketones (excluding diaryl/α,β-unsaturated/α-hetero) is 1. The first-order chi connectivity index (χ1) is 25.8. The zero-order chi connectivity index (χ0) is 40.4. The standard InChI is InChI=1S/C40H64N6O7S2/c1-8-9-16-27(31(47)34(49)42-23-28-41-21-22-54-28)43-33(48)30-29-26(38(29,5)6)24-46(30)35(50)32(39(7)17-12-10-13-18-39)44-36(51)45-40(19-14-11-15-20-40)25-55(52,53)37(2,3)4/h21-22,26-27,29-30,32H,8-20,23-25H2,1-7H3,(H,42,49)(H,43,48)(H2,44,45,51)/t26-,27?,29-,30-,32+/m0/s1. The van der Waals surface area contributed by atoms with Crippen molar-refractivity contribution in [3.05, 3.63) is 16.6 Å². The summed E-state index contributed by atoms with van der Waals surface area (Å²) < 4.78 is 26.0. The summed E-state index contributed by atoms with van der Waals surface area (Å²) in [7, 11) is -3.58. The summed E-state index contributed by atoms with van der Waals surface area (Å²) in [6.07, 6.45) is 11.1. The average Bonchev–Trinajstić information content (AvgIpc) is 3.54. The second kappa shape index (κ2) is 16.8. The molecule has 55 heavy (non-hydrogen) atoms. The first kappa shape index (κ1) is 43.1. The van der Waals surface area contributed by atoms with E-state index in [1.165, 1.54) is 11.3 Å². The maximum atomic E-state index is 15.0. The Labute approximate surface area is 331 Å². The van der Waals surface area contributed by atoms with Crippen molar-refractivity contribution in [2.75, 3.05) is 12.3 Å². The van der Waals surface area contributed by atoms with Gasteiger partial charge in [-0.2, -0.15) is 0 Å². The van der Waals surface area contributed by atoms with Gasteiger partial charge in [-0.1, -0.05) is 79.1 Å². The van der Waals surface area contributed by atoms with E-state index in [2.05, 4.69) is 40.1 Å². The molecule has 1 aliphatic heterocycles. The zero-order valence-corrected chi connectivity index (χ0v) is 35.6. The minimum atomic E-state index is -3.58. The van der Waals surface area contributed by atoms with Crippen LogP contribution in [-0.4, -0.2) is 88.5 Å². The van der Waals surface area contributed by atoms with Gasteiger partial charge in [0.2, 0.25) is 17.6 Å². The normalized spacial score (nSPS) is 25.1. The monoisotopic (exact) mass is 804 g/mol. The lowest BCUT2D eigenvalue weighted by Crippen LogP contribution is -2.65. The Morgan fingerprint density at radius 2 is 1.60 bits per heavy atom. The van der Waals surface area contributed by atoms with Crippen LogP contribution in [0, 0.1) is 22.7 Å². The molecule has 1 aromatic heterocycles. The zero-order valence-electron chi connectivity index (χ0n) is 33.9. The first-order valence-electron chi connectivity index (χ1n) is 20.4. The van der Waals surface area contributed by atoms with E-state index in [1.54, 1.807) is 37.2 Å². The molecule has 0 bridgehead atoms. The predicted molar refractivity (Wildman–Crippen MR) is 213 cm³/mol. The number of fused-ring (bicyclic) bond motifs is 1. The highest BCUT2D eigenvalue weighted by Gasteiger charge is 2.70. The van der Waals surface area contributed by atoms with Gasteiger partial charge in [-0.05, 0) is 75.5 Å². The molecule has 1 saturated heterocycles. The number of rotatable bonds is 15. The van der Waals surface area contributed by atoms with Crippen LogP contribution in [0.3, 0.4) is 0 Å². The first-order valence-corrected chi connectivity index (χ1v) is 22.9. The number of aromatic nitrogens is 1. The van der Waals surface area contributed by atoms with E-state index in [9.17, 15) is 32.4 Å². The van der Waals surface area contributed by atoms with Crippen molar-refractivity contribution in [3.63, 3.8) is 0 Å². The van der Waals surface area contributed by atoms with Crippen LogP contribution < -0.4 is 21.3 Å². The highest BCUT2D eigenvalue weighted by atomic mass is 32.2. The summed E-state index contributed by atoms with van der Waals surface area (Å²) in [6, 6.07) is -3.48. The molecular weight excluding hydrogens is 741 g/mol. The molecule has 4 fully saturated rings. The molecule has 5 rings (SSSR count). The number of hydrogen-bond donors (Lipinski definition) is 4. The third kappa shape index (κ3) is 9.56. The van der Waals surface area contributed by atoms with E-state index in [0.717, 1.165) is 44.9 Å². The number of ketones is 1. The molecule has 5 amide bonds. The van der Waals surface area contributed by atoms with Gasteiger partial charge in [0.15, 0.2) is 9.84 Å². The number of piperidine rings is 1. The maximum Gasteiger partial charge on any atom is 0.315 e. The predicted octanol–water partition coefficient (Wildman–Crippen LogP) is 5.04. The lowest BCUT2D eigenvalue weighted by atomic mass is 9.70. The van der Waals surface area contributed by atoms with Gasteiger partial charge < -0.3 is 26.2 Å². The van der Waals surface area contributed by atoms with Crippen molar-refractivity contribution in [1.82, 2.24) is 31.2 Å². The smallest absolute Gasteiger partial charge is 0.315 e. The van der Waals surface area contributed by atoms with Crippen LogP contribution in [0.15, 0.2) is 11.6 Å². The lowest BCUT2D eigenvalue weighted by Gasteiger charge is -2.44. The number of carbonyl (C=O) groups is 5. The summed E-state index contributed by atoms with van der Waals surface area (Å²) in [5, 5.41) is 14.1. The van der Waals surface area contributed by atoms with Crippen molar-refractivity contribution in [2.24, 2.45) is 22.7 Å². The minimum absolute atomic E-state index is 0.0559. The van der Waals surface area contributed by atoms with Gasteiger partial charge in [0.05, 0.1) is 28.6 Å². The molecule has 4 N–H and O–H groups in total. The number of nitrogens with zero attached hydrogens (tertiary/aromatic N) is 2. The Morgan fingerprint density at radius 3 is 2.18 bits per heavy atom. The van der Waals surface area contributed by atoms with E-state index in [-0.39, 0.29) is 41.9 Å².